The zero-order chi connectivity index (χ0) is 16.1. The Morgan fingerprint density at radius 2 is 0.957 bits per heavy atom. The second-order valence-corrected chi connectivity index (χ2v) is 8.75. The summed E-state index contributed by atoms with van der Waals surface area (Å²) in [7, 11) is -2.02. The van der Waals surface area contributed by atoms with Gasteiger partial charge < -0.3 is 5.11 Å². The molecule has 3 rings (SSSR count). The van der Waals surface area contributed by atoms with Gasteiger partial charge in [0.2, 0.25) is 0 Å². The summed E-state index contributed by atoms with van der Waals surface area (Å²) in [5.41, 5.74) is 0. The van der Waals surface area contributed by atoms with Gasteiger partial charge in [-0.05, 0) is 43.3 Å². The quantitative estimate of drug-likeness (QED) is 0.558. The molecule has 0 spiro atoms. The van der Waals surface area contributed by atoms with E-state index < -0.39 is 7.26 Å². The standard InChI is InChI=1S/C21H19OP/c1-18(22)17-23(19-11-5-2-6-12-19,20-13-7-3-8-14-20)21-15-9-4-10-16-21/h2-17H,1H3/p+1. The van der Waals surface area contributed by atoms with Gasteiger partial charge in [0, 0.05) is 0 Å². The second kappa shape index (κ2) is 6.81. The number of allylic oxidation sites excluding steroid dienone is 1. The van der Waals surface area contributed by atoms with E-state index in [1.54, 1.807) is 6.92 Å². The van der Waals surface area contributed by atoms with Crippen molar-refractivity contribution in [2.75, 3.05) is 0 Å². The molecule has 3 aromatic rings. The normalized spacial score (nSPS) is 12.1. The molecule has 0 radical (unpaired) electrons. The highest BCUT2D eigenvalue weighted by Gasteiger charge is 2.43. The van der Waals surface area contributed by atoms with Gasteiger partial charge in [-0.25, -0.2) is 0 Å². The van der Waals surface area contributed by atoms with Gasteiger partial charge in [0.15, 0.2) is 0 Å². The third kappa shape index (κ3) is 3.06. The summed E-state index contributed by atoms with van der Waals surface area (Å²) >= 11 is 0. The molecule has 23 heavy (non-hydrogen) atoms. The van der Waals surface area contributed by atoms with Crippen LogP contribution < -0.4 is 15.9 Å². The molecule has 0 aliphatic carbocycles. The van der Waals surface area contributed by atoms with E-state index in [1.165, 1.54) is 15.9 Å². The summed E-state index contributed by atoms with van der Waals surface area (Å²) < 4.78 is 0. The van der Waals surface area contributed by atoms with Gasteiger partial charge in [0.05, 0.1) is 0 Å². The van der Waals surface area contributed by atoms with Crippen molar-refractivity contribution in [3.63, 3.8) is 0 Å². The lowest BCUT2D eigenvalue weighted by Gasteiger charge is -2.24. The summed E-state index contributed by atoms with van der Waals surface area (Å²) in [6, 6.07) is 31.4. The van der Waals surface area contributed by atoms with Crippen molar-refractivity contribution in [3.05, 3.63) is 103 Å². The van der Waals surface area contributed by atoms with Crippen LogP contribution in [-0.4, -0.2) is 5.11 Å². The average molecular weight is 319 g/mol. The van der Waals surface area contributed by atoms with Crippen LogP contribution in [0.25, 0.3) is 0 Å². The zero-order valence-corrected chi connectivity index (χ0v) is 14.0. The van der Waals surface area contributed by atoms with Crippen LogP contribution in [0.2, 0.25) is 0 Å². The van der Waals surface area contributed by atoms with Crippen molar-refractivity contribution in [3.8, 4) is 0 Å². The van der Waals surface area contributed by atoms with Gasteiger partial charge in [-0.15, -0.1) is 0 Å². The highest BCUT2D eigenvalue weighted by molar-refractivity contribution is 7.98. The molecule has 0 fully saturated rings. The maximum atomic E-state index is 10.2. The van der Waals surface area contributed by atoms with Crippen molar-refractivity contribution in [1.29, 1.82) is 0 Å². The molecular weight excluding hydrogens is 299 g/mol. The van der Waals surface area contributed by atoms with Crippen LogP contribution in [0.1, 0.15) is 6.92 Å². The van der Waals surface area contributed by atoms with Crippen molar-refractivity contribution in [1.82, 2.24) is 0 Å². The summed E-state index contributed by atoms with van der Waals surface area (Å²) in [6.45, 7) is 1.75. The van der Waals surface area contributed by atoms with Crippen molar-refractivity contribution < 1.29 is 5.11 Å². The van der Waals surface area contributed by atoms with Gasteiger partial charge in [-0.1, -0.05) is 54.6 Å². The maximum absolute atomic E-state index is 10.2. The monoisotopic (exact) mass is 319 g/mol. The molecule has 0 amide bonds. The van der Waals surface area contributed by atoms with Gasteiger partial charge in [0.1, 0.15) is 34.8 Å². The van der Waals surface area contributed by atoms with Gasteiger partial charge in [-0.2, -0.15) is 0 Å². The fourth-order valence-corrected chi connectivity index (χ4v) is 6.77. The SMILES string of the molecule is CC(O)=C[P+](c1ccccc1)(c1ccccc1)c1ccccc1. The van der Waals surface area contributed by atoms with Crippen LogP contribution in [0.4, 0.5) is 0 Å². The molecule has 114 valence electrons. The predicted octanol–water partition coefficient (Wildman–Crippen LogP) is 4.40. The number of hydrogen-bond acceptors (Lipinski definition) is 1. The molecule has 0 saturated carbocycles. The first-order chi connectivity index (χ1) is 11.2. The third-order valence-electron chi connectivity index (χ3n) is 3.87. The van der Waals surface area contributed by atoms with Crippen LogP contribution in [-0.2, 0) is 0 Å². The molecule has 3 aromatic carbocycles. The zero-order valence-electron chi connectivity index (χ0n) is 13.1. The maximum Gasteiger partial charge on any atom is 0.140 e. The second-order valence-electron chi connectivity index (χ2n) is 5.50. The molecule has 0 atom stereocenters. The van der Waals surface area contributed by atoms with Crippen LogP contribution in [0, 0.1) is 0 Å². The van der Waals surface area contributed by atoms with E-state index in [2.05, 4.69) is 72.8 Å². The molecule has 0 heterocycles. The Kier molecular flexibility index (Phi) is 4.60. The van der Waals surface area contributed by atoms with Crippen molar-refractivity contribution in [2.45, 2.75) is 6.92 Å². The molecule has 0 aliphatic rings. The Hall–Kier alpha value is -2.37. The smallest absolute Gasteiger partial charge is 0.140 e. The molecule has 0 bridgehead atoms. The van der Waals surface area contributed by atoms with Crippen LogP contribution >= 0.6 is 7.26 Å². The number of aliphatic hydroxyl groups is 1. The highest BCUT2D eigenvalue weighted by atomic mass is 31.2. The van der Waals surface area contributed by atoms with E-state index >= 15 is 0 Å². The first kappa shape index (κ1) is 15.5. The Balaban J connectivity index is 2.38. The number of aliphatic hydroxyl groups excluding tert-OH is 1. The third-order valence-corrected chi connectivity index (χ3v) is 7.97. The fraction of sp³-hybridized carbons (Fsp3) is 0.0476. The average Bonchev–Trinajstić information content (AvgIpc) is 2.62. The van der Waals surface area contributed by atoms with Crippen molar-refractivity contribution in [2.24, 2.45) is 0 Å². The largest absolute Gasteiger partial charge is 0.509 e. The lowest BCUT2D eigenvalue weighted by Crippen LogP contribution is -2.29. The van der Waals surface area contributed by atoms with Gasteiger partial charge in [0.25, 0.3) is 0 Å². The van der Waals surface area contributed by atoms with Crippen LogP contribution in [0.15, 0.2) is 103 Å². The summed E-state index contributed by atoms with van der Waals surface area (Å²) in [5, 5.41) is 13.9. The molecule has 2 heteroatoms. The van der Waals surface area contributed by atoms with Gasteiger partial charge >= 0.3 is 0 Å². The first-order valence-electron chi connectivity index (χ1n) is 7.67. The van der Waals surface area contributed by atoms with E-state index in [0.717, 1.165) is 0 Å². The summed E-state index contributed by atoms with van der Waals surface area (Å²) in [4.78, 5) is 0. The van der Waals surface area contributed by atoms with E-state index in [4.69, 9.17) is 0 Å². The van der Waals surface area contributed by atoms with Crippen LogP contribution in [0.5, 0.6) is 0 Å². The minimum Gasteiger partial charge on any atom is -0.509 e. The number of rotatable bonds is 4. The first-order valence-corrected chi connectivity index (χ1v) is 9.53. The highest BCUT2D eigenvalue weighted by Crippen LogP contribution is 2.57. The van der Waals surface area contributed by atoms with E-state index in [-0.39, 0.29) is 0 Å². The molecule has 0 unspecified atom stereocenters. The summed E-state index contributed by atoms with van der Waals surface area (Å²) in [5.74, 6) is 2.40. The molecule has 1 N–H and O–H groups in total. The molecule has 1 nitrogen and oxygen atoms in total. The number of hydrogen-bond donors (Lipinski definition) is 1. The van der Waals surface area contributed by atoms with E-state index in [9.17, 15) is 5.11 Å². The van der Waals surface area contributed by atoms with Gasteiger partial charge in [-0.3, -0.25) is 0 Å². The lowest BCUT2D eigenvalue weighted by molar-refractivity contribution is 0.416. The molecular formula is C21H20OP+. The molecule has 0 aliphatic heterocycles. The number of benzene rings is 3. The summed E-state index contributed by atoms with van der Waals surface area (Å²) in [6.07, 6.45) is 0. The Bertz CT molecular complexity index is 679. The topological polar surface area (TPSA) is 20.2 Å². The van der Waals surface area contributed by atoms with Crippen molar-refractivity contribution >= 4 is 23.2 Å². The molecule has 0 saturated heterocycles. The van der Waals surface area contributed by atoms with Crippen LogP contribution in [0.3, 0.4) is 0 Å². The minimum absolute atomic E-state index is 0.356. The Labute approximate surface area is 138 Å². The van der Waals surface area contributed by atoms with E-state index in [0.29, 0.717) is 5.76 Å². The Morgan fingerprint density at radius 3 is 1.22 bits per heavy atom. The minimum atomic E-state index is -2.02. The predicted molar refractivity (Wildman–Crippen MR) is 102 cm³/mol. The lowest BCUT2D eigenvalue weighted by atomic mass is 10.4. The Morgan fingerprint density at radius 1 is 0.652 bits per heavy atom. The fourth-order valence-electron chi connectivity index (χ4n) is 2.94. The van der Waals surface area contributed by atoms with E-state index in [1.807, 2.05) is 24.0 Å². The molecule has 0 aromatic heterocycles.